The Morgan fingerprint density at radius 1 is 1.41 bits per heavy atom. The lowest BCUT2D eigenvalue weighted by molar-refractivity contribution is -0.137. The summed E-state index contributed by atoms with van der Waals surface area (Å²) in [6.45, 7) is 3.56. The van der Waals surface area contributed by atoms with E-state index in [0.29, 0.717) is 12.2 Å². The molecule has 0 amide bonds. The predicted octanol–water partition coefficient (Wildman–Crippen LogP) is 1.48. The quantitative estimate of drug-likeness (QED) is 0.836. The molecule has 0 bridgehead atoms. The number of aliphatic carboxylic acids is 1. The molecular formula is C12H17NO3S. The van der Waals surface area contributed by atoms with E-state index in [1.54, 1.807) is 26.2 Å². The highest BCUT2D eigenvalue weighted by Crippen LogP contribution is 2.11. The molecule has 0 spiro atoms. The number of aromatic nitrogens is 1. The Bertz CT molecular complexity index is 392. The van der Waals surface area contributed by atoms with Gasteiger partial charge in [-0.3, -0.25) is 14.0 Å². The first-order valence-electron chi connectivity index (χ1n) is 5.51. The summed E-state index contributed by atoms with van der Waals surface area (Å²) in [5.74, 6) is -0.724. The van der Waals surface area contributed by atoms with Crippen molar-refractivity contribution in [2.45, 2.75) is 25.5 Å². The number of aryl methyl sites for hydroxylation is 1. The minimum atomic E-state index is -1.34. The summed E-state index contributed by atoms with van der Waals surface area (Å²) in [5, 5.41) is 8.23. The van der Waals surface area contributed by atoms with Gasteiger partial charge in [0.25, 0.3) is 0 Å². The zero-order valence-electron chi connectivity index (χ0n) is 10.00. The zero-order chi connectivity index (χ0) is 12.8. The summed E-state index contributed by atoms with van der Waals surface area (Å²) >= 11 is 0. The summed E-state index contributed by atoms with van der Waals surface area (Å²) < 4.78 is 11.9. The number of hydrogen-bond acceptors (Lipinski definition) is 3. The van der Waals surface area contributed by atoms with E-state index in [0.717, 1.165) is 5.56 Å². The smallest absolute Gasteiger partial charge is 0.319 e. The Labute approximate surface area is 104 Å². The molecule has 0 saturated heterocycles. The second-order valence-electron chi connectivity index (χ2n) is 4.19. The van der Waals surface area contributed by atoms with E-state index in [4.69, 9.17) is 5.11 Å². The fraction of sp³-hybridized carbons (Fsp3) is 0.500. The highest BCUT2D eigenvalue weighted by molar-refractivity contribution is 7.86. The van der Waals surface area contributed by atoms with Crippen molar-refractivity contribution in [2.75, 3.05) is 5.75 Å². The van der Waals surface area contributed by atoms with E-state index in [1.807, 2.05) is 12.1 Å². The SMILES string of the molecule is CC(C)C(C(=O)O)S(=O)CCc1ccncc1. The van der Waals surface area contributed by atoms with Crippen LogP contribution in [0.15, 0.2) is 24.5 Å². The van der Waals surface area contributed by atoms with Gasteiger partial charge in [0.2, 0.25) is 0 Å². The van der Waals surface area contributed by atoms with Gasteiger partial charge in [0.05, 0.1) is 0 Å². The summed E-state index contributed by atoms with van der Waals surface area (Å²) in [6.07, 6.45) is 3.97. The first-order chi connectivity index (χ1) is 8.02. The number of hydrogen-bond donors (Lipinski definition) is 1. The van der Waals surface area contributed by atoms with Crippen molar-refractivity contribution in [3.05, 3.63) is 30.1 Å². The minimum Gasteiger partial charge on any atom is -0.480 e. The minimum absolute atomic E-state index is 0.120. The molecule has 1 N–H and O–H groups in total. The van der Waals surface area contributed by atoms with Gasteiger partial charge in [-0.1, -0.05) is 13.8 Å². The lowest BCUT2D eigenvalue weighted by Gasteiger charge is -2.15. The molecule has 0 radical (unpaired) electrons. The van der Waals surface area contributed by atoms with Crippen LogP contribution in [0.2, 0.25) is 0 Å². The maximum Gasteiger partial charge on any atom is 0.319 e. The zero-order valence-corrected chi connectivity index (χ0v) is 10.8. The number of pyridine rings is 1. The lowest BCUT2D eigenvalue weighted by atomic mass is 10.1. The van der Waals surface area contributed by atoms with Crippen molar-refractivity contribution in [1.82, 2.24) is 4.98 Å². The molecule has 0 saturated carbocycles. The first-order valence-corrected chi connectivity index (χ1v) is 6.89. The number of carbonyl (C=O) groups is 1. The molecule has 1 heterocycles. The molecule has 0 aliphatic rings. The molecule has 1 rings (SSSR count). The number of carboxylic acids is 1. The molecule has 17 heavy (non-hydrogen) atoms. The van der Waals surface area contributed by atoms with Crippen LogP contribution in [0.5, 0.6) is 0 Å². The number of carboxylic acid groups (broad SMARTS) is 1. The van der Waals surface area contributed by atoms with Gasteiger partial charge >= 0.3 is 5.97 Å². The summed E-state index contributed by atoms with van der Waals surface area (Å²) in [6, 6.07) is 3.70. The third kappa shape index (κ3) is 4.26. The number of nitrogens with zero attached hydrogens (tertiary/aromatic N) is 1. The largest absolute Gasteiger partial charge is 0.480 e. The summed E-state index contributed by atoms with van der Waals surface area (Å²) in [7, 11) is -1.34. The van der Waals surface area contributed by atoms with Crippen LogP contribution in [0.1, 0.15) is 19.4 Å². The highest BCUT2D eigenvalue weighted by atomic mass is 32.2. The topological polar surface area (TPSA) is 67.3 Å². The van der Waals surface area contributed by atoms with Gasteiger partial charge in [-0.05, 0) is 30.0 Å². The normalized spacial score (nSPS) is 14.5. The highest BCUT2D eigenvalue weighted by Gasteiger charge is 2.27. The maximum atomic E-state index is 11.9. The fourth-order valence-corrected chi connectivity index (χ4v) is 3.12. The van der Waals surface area contributed by atoms with Crippen LogP contribution >= 0.6 is 0 Å². The Kier molecular flexibility index (Phi) is 5.28. The Morgan fingerprint density at radius 3 is 2.47 bits per heavy atom. The Hall–Kier alpha value is -1.23. The maximum absolute atomic E-state index is 11.9. The molecule has 1 aromatic rings. The second-order valence-corrected chi connectivity index (χ2v) is 5.87. The fourth-order valence-electron chi connectivity index (χ4n) is 1.60. The van der Waals surface area contributed by atoms with Gasteiger partial charge < -0.3 is 5.11 Å². The molecule has 0 aromatic carbocycles. The van der Waals surface area contributed by atoms with Gasteiger partial charge in [-0.25, -0.2) is 0 Å². The van der Waals surface area contributed by atoms with E-state index in [-0.39, 0.29) is 5.92 Å². The van der Waals surface area contributed by atoms with Crippen LogP contribution in [-0.2, 0) is 22.0 Å². The van der Waals surface area contributed by atoms with Gasteiger partial charge in [0, 0.05) is 28.9 Å². The van der Waals surface area contributed by atoms with Crippen LogP contribution in [0.25, 0.3) is 0 Å². The molecule has 2 unspecified atom stereocenters. The van der Waals surface area contributed by atoms with Crippen molar-refractivity contribution >= 4 is 16.8 Å². The standard InChI is InChI=1S/C12H17NO3S/c1-9(2)11(12(14)15)17(16)8-5-10-3-6-13-7-4-10/h3-4,6-7,9,11H,5,8H2,1-2H3,(H,14,15). The van der Waals surface area contributed by atoms with Crippen molar-refractivity contribution in [2.24, 2.45) is 5.92 Å². The average molecular weight is 255 g/mol. The van der Waals surface area contributed by atoms with E-state index < -0.39 is 22.0 Å². The predicted molar refractivity (Wildman–Crippen MR) is 67.2 cm³/mol. The summed E-state index contributed by atoms with van der Waals surface area (Å²) in [5.41, 5.74) is 1.03. The van der Waals surface area contributed by atoms with Crippen molar-refractivity contribution in [1.29, 1.82) is 0 Å². The number of rotatable bonds is 6. The van der Waals surface area contributed by atoms with Gasteiger partial charge in [-0.2, -0.15) is 0 Å². The van der Waals surface area contributed by atoms with Crippen molar-refractivity contribution < 1.29 is 14.1 Å². The third-order valence-electron chi connectivity index (χ3n) is 2.47. The Balaban J connectivity index is 2.57. The molecule has 5 heteroatoms. The van der Waals surface area contributed by atoms with E-state index >= 15 is 0 Å². The van der Waals surface area contributed by atoms with E-state index in [2.05, 4.69) is 4.98 Å². The summed E-state index contributed by atoms with van der Waals surface area (Å²) in [4.78, 5) is 14.9. The molecule has 2 atom stereocenters. The van der Waals surface area contributed by atoms with E-state index in [1.165, 1.54) is 0 Å². The van der Waals surface area contributed by atoms with Crippen LogP contribution in [-0.4, -0.2) is 31.3 Å². The van der Waals surface area contributed by atoms with Crippen LogP contribution < -0.4 is 0 Å². The molecule has 1 aromatic heterocycles. The monoisotopic (exact) mass is 255 g/mol. The molecule has 0 aliphatic heterocycles. The first kappa shape index (κ1) is 13.8. The molecule has 4 nitrogen and oxygen atoms in total. The van der Waals surface area contributed by atoms with E-state index in [9.17, 15) is 9.00 Å². The van der Waals surface area contributed by atoms with Crippen LogP contribution in [0.3, 0.4) is 0 Å². The van der Waals surface area contributed by atoms with Crippen molar-refractivity contribution in [3.63, 3.8) is 0 Å². The molecule has 0 aliphatic carbocycles. The van der Waals surface area contributed by atoms with Crippen molar-refractivity contribution in [3.8, 4) is 0 Å². The molecular weight excluding hydrogens is 238 g/mol. The van der Waals surface area contributed by atoms with Gasteiger partial charge in [0.15, 0.2) is 0 Å². The van der Waals surface area contributed by atoms with Crippen LogP contribution in [0, 0.1) is 5.92 Å². The van der Waals surface area contributed by atoms with Gasteiger partial charge in [0.1, 0.15) is 5.25 Å². The molecule has 94 valence electrons. The third-order valence-corrected chi connectivity index (χ3v) is 4.39. The Morgan fingerprint density at radius 2 is 2.00 bits per heavy atom. The van der Waals surface area contributed by atoms with Crippen LogP contribution in [0.4, 0.5) is 0 Å². The molecule has 0 fully saturated rings. The lowest BCUT2D eigenvalue weighted by Crippen LogP contribution is -2.32. The van der Waals surface area contributed by atoms with Gasteiger partial charge in [-0.15, -0.1) is 0 Å². The average Bonchev–Trinajstić information content (AvgIpc) is 2.27. The second kappa shape index (κ2) is 6.49.